The Morgan fingerprint density at radius 3 is 2.86 bits per heavy atom. The van der Waals surface area contributed by atoms with E-state index in [1.807, 2.05) is 23.9 Å². The molecule has 2 saturated heterocycles. The van der Waals surface area contributed by atoms with Crippen LogP contribution in [0, 0.1) is 0 Å². The van der Waals surface area contributed by atoms with Crippen LogP contribution in [0.25, 0.3) is 0 Å². The number of nitrogens with zero attached hydrogens (tertiary/aromatic N) is 2. The van der Waals surface area contributed by atoms with Crippen molar-refractivity contribution in [1.29, 1.82) is 0 Å². The van der Waals surface area contributed by atoms with Gasteiger partial charge in [-0.15, -0.1) is 11.3 Å². The van der Waals surface area contributed by atoms with Crippen LogP contribution in [0.3, 0.4) is 0 Å². The van der Waals surface area contributed by atoms with E-state index >= 15 is 0 Å². The van der Waals surface area contributed by atoms with Crippen LogP contribution < -0.4 is 0 Å². The molecule has 1 amide bonds. The monoisotopic (exact) mass is 360 g/mol. The summed E-state index contributed by atoms with van der Waals surface area (Å²) in [6.45, 7) is 5.32. The van der Waals surface area contributed by atoms with E-state index in [0.29, 0.717) is 4.34 Å². The van der Waals surface area contributed by atoms with Gasteiger partial charge in [0.25, 0.3) is 5.91 Å². The van der Waals surface area contributed by atoms with Gasteiger partial charge in [-0.05, 0) is 24.3 Å². The number of thiophene rings is 1. The Kier molecular flexibility index (Phi) is 6.04. The van der Waals surface area contributed by atoms with E-state index in [9.17, 15) is 4.79 Å². The summed E-state index contributed by atoms with van der Waals surface area (Å²) < 4.78 is 6.10. The number of amides is 1. The van der Waals surface area contributed by atoms with Gasteiger partial charge < -0.3 is 9.64 Å². The normalized spacial score (nSPS) is 24.2. The summed E-state index contributed by atoms with van der Waals surface area (Å²) in [6, 6.07) is 3.93. The number of thioether (sulfide) groups is 1. The maximum absolute atomic E-state index is 12.8. The third-order valence-electron chi connectivity index (χ3n) is 4.06. The number of carbonyl (C=O) groups excluding carboxylic acids is 1. The van der Waals surface area contributed by atoms with E-state index in [0.717, 1.165) is 62.2 Å². The second-order valence-electron chi connectivity index (χ2n) is 5.60. The molecule has 1 aromatic rings. The Labute approximate surface area is 144 Å². The van der Waals surface area contributed by atoms with Crippen LogP contribution in [-0.2, 0) is 4.74 Å². The van der Waals surface area contributed by atoms with Crippen molar-refractivity contribution in [3.05, 3.63) is 21.3 Å². The van der Waals surface area contributed by atoms with Crippen molar-refractivity contribution in [1.82, 2.24) is 9.80 Å². The standard InChI is InChI=1S/C15H21ClN2O2S2/c16-14-3-2-13(22-14)15(19)18-4-1-9-21-11-12(18)10-17-5-7-20-8-6-17/h2-3,12H,1,4-11H2/t12-/m0/s1. The van der Waals surface area contributed by atoms with Crippen molar-refractivity contribution in [3.63, 3.8) is 0 Å². The van der Waals surface area contributed by atoms with Gasteiger partial charge >= 0.3 is 0 Å². The van der Waals surface area contributed by atoms with Gasteiger partial charge in [-0.3, -0.25) is 9.69 Å². The molecule has 3 rings (SSSR count). The SMILES string of the molecule is O=C(c1ccc(Cl)s1)N1CCCSC[C@@H]1CN1CCOCC1. The number of hydrogen-bond acceptors (Lipinski definition) is 5. The largest absolute Gasteiger partial charge is 0.379 e. The van der Waals surface area contributed by atoms with Crippen molar-refractivity contribution in [2.24, 2.45) is 0 Å². The third kappa shape index (κ3) is 4.17. The van der Waals surface area contributed by atoms with Crippen LogP contribution >= 0.6 is 34.7 Å². The van der Waals surface area contributed by atoms with Crippen molar-refractivity contribution >= 4 is 40.6 Å². The summed E-state index contributed by atoms with van der Waals surface area (Å²) in [4.78, 5) is 18.1. The molecule has 0 spiro atoms. The molecule has 2 aliphatic heterocycles. The molecule has 0 saturated carbocycles. The molecule has 122 valence electrons. The van der Waals surface area contributed by atoms with E-state index < -0.39 is 0 Å². The molecule has 0 N–H and O–H groups in total. The summed E-state index contributed by atoms with van der Waals surface area (Å²) in [7, 11) is 0. The first kappa shape index (κ1) is 16.6. The maximum Gasteiger partial charge on any atom is 0.264 e. The van der Waals surface area contributed by atoms with Crippen LogP contribution in [0.15, 0.2) is 12.1 Å². The predicted molar refractivity (Wildman–Crippen MR) is 93.4 cm³/mol. The van der Waals surface area contributed by atoms with Gasteiger partial charge in [0, 0.05) is 31.9 Å². The Morgan fingerprint density at radius 1 is 1.32 bits per heavy atom. The zero-order chi connectivity index (χ0) is 15.4. The van der Waals surface area contributed by atoms with E-state index in [4.69, 9.17) is 16.3 Å². The summed E-state index contributed by atoms with van der Waals surface area (Å²) in [6.07, 6.45) is 1.06. The molecule has 0 bridgehead atoms. The molecule has 4 nitrogen and oxygen atoms in total. The smallest absolute Gasteiger partial charge is 0.264 e. The van der Waals surface area contributed by atoms with Crippen LogP contribution in [-0.4, -0.2) is 72.6 Å². The number of halogens is 1. The molecule has 0 unspecified atom stereocenters. The average molecular weight is 361 g/mol. The minimum Gasteiger partial charge on any atom is -0.379 e. The van der Waals surface area contributed by atoms with Gasteiger partial charge in [-0.2, -0.15) is 11.8 Å². The highest BCUT2D eigenvalue weighted by Crippen LogP contribution is 2.26. The molecule has 1 aromatic heterocycles. The quantitative estimate of drug-likeness (QED) is 0.829. The van der Waals surface area contributed by atoms with Gasteiger partial charge in [0.2, 0.25) is 0 Å². The lowest BCUT2D eigenvalue weighted by Gasteiger charge is -2.35. The first-order valence-corrected chi connectivity index (χ1v) is 10.0. The fraction of sp³-hybridized carbons (Fsp3) is 0.667. The molecule has 7 heteroatoms. The predicted octanol–water partition coefficient (Wildman–Crippen LogP) is 2.68. The number of carbonyl (C=O) groups is 1. The van der Waals surface area contributed by atoms with Crippen molar-refractivity contribution < 1.29 is 9.53 Å². The molecular weight excluding hydrogens is 340 g/mol. The highest BCUT2D eigenvalue weighted by molar-refractivity contribution is 7.99. The van der Waals surface area contributed by atoms with Crippen LogP contribution in [0.5, 0.6) is 0 Å². The zero-order valence-electron chi connectivity index (χ0n) is 12.5. The molecule has 1 atom stereocenters. The zero-order valence-corrected chi connectivity index (χ0v) is 14.9. The number of hydrogen-bond donors (Lipinski definition) is 0. The van der Waals surface area contributed by atoms with E-state index in [1.165, 1.54) is 11.3 Å². The van der Waals surface area contributed by atoms with Gasteiger partial charge in [0.05, 0.1) is 28.5 Å². The van der Waals surface area contributed by atoms with Gasteiger partial charge in [-0.25, -0.2) is 0 Å². The molecule has 3 heterocycles. The molecule has 0 aromatic carbocycles. The molecule has 22 heavy (non-hydrogen) atoms. The van der Waals surface area contributed by atoms with E-state index in [1.54, 1.807) is 0 Å². The number of rotatable bonds is 3. The third-order valence-corrected chi connectivity index (χ3v) is 6.47. The summed E-state index contributed by atoms with van der Waals surface area (Å²) >= 11 is 9.33. The van der Waals surface area contributed by atoms with Crippen molar-refractivity contribution in [3.8, 4) is 0 Å². The first-order valence-electron chi connectivity index (χ1n) is 7.68. The fourth-order valence-electron chi connectivity index (χ4n) is 2.90. The summed E-state index contributed by atoms with van der Waals surface area (Å²) in [5, 5.41) is 0. The Balaban J connectivity index is 1.70. The second-order valence-corrected chi connectivity index (χ2v) is 8.46. The van der Waals surface area contributed by atoms with Crippen LogP contribution in [0.2, 0.25) is 4.34 Å². The molecule has 0 aliphatic carbocycles. The average Bonchev–Trinajstić information content (AvgIpc) is 2.84. The summed E-state index contributed by atoms with van der Waals surface area (Å²) in [5.41, 5.74) is 0. The molecular formula is C15H21ClN2O2S2. The lowest BCUT2D eigenvalue weighted by molar-refractivity contribution is 0.0246. The minimum absolute atomic E-state index is 0.137. The number of ether oxygens (including phenoxy) is 1. The van der Waals surface area contributed by atoms with Crippen molar-refractivity contribution in [2.45, 2.75) is 12.5 Å². The van der Waals surface area contributed by atoms with Gasteiger partial charge in [0.1, 0.15) is 0 Å². The Morgan fingerprint density at radius 2 is 2.14 bits per heavy atom. The lowest BCUT2D eigenvalue weighted by atomic mass is 10.2. The highest BCUT2D eigenvalue weighted by Gasteiger charge is 2.29. The lowest BCUT2D eigenvalue weighted by Crippen LogP contribution is -2.50. The van der Waals surface area contributed by atoms with E-state index in [2.05, 4.69) is 9.80 Å². The maximum atomic E-state index is 12.8. The fourth-order valence-corrected chi connectivity index (χ4v) is 4.96. The van der Waals surface area contributed by atoms with Gasteiger partial charge in [0.15, 0.2) is 0 Å². The van der Waals surface area contributed by atoms with E-state index in [-0.39, 0.29) is 11.9 Å². The highest BCUT2D eigenvalue weighted by atomic mass is 35.5. The number of morpholine rings is 1. The second kappa shape index (κ2) is 8.02. The summed E-state index contributed by atoms with van der Waals surface area (Å²) in [5.74, 6) is 2.29. The van der Waals surface area contributed by atoms with Crippen LogP contribution in [0.4, 0.5) is 0 Å². The van der Waals surface area contributed by atoms with Crippen molar-refractivity contribution in [2.75, 3.05) is 50.9 Å². The van der Waals surface area contributed by atoms with Gasteiger partial charge in [-0.1, -0.05) is 11.6 Å². The molecule has 2 aliphatic rings. The first-order chi connectivity index (χ1) is 10.7. The van der Waals surface area contributed by atoms with Crippen LogP contribution in [0.1, 0.15) is 16.1 Å². The Hall–Kier alpha value is -0.270. The molecule has 2 fully saturated rings. The Bertz CT molecular complexity index is 505. The minimum atomic E-state index is 0.137. The topological polar surface area (TPSA) is 32.8 Å². The molecule has 0 radical (unpaired) electrons.